The maximum Gasteiger partial charge on any atom is 0.172 e. The Labute approximate surface area is 200 Å². The summed E-state index contributed by atoms with van der Waals surface area (Å²) in [7, 11) is 2.12. The highest BCUT2D eigenvalue weighted by Crippen LogP contribution is 2.30. The van der Waals surface area contributed by atoms with Crippen LogP contribution in [-0.2, 0) is 6.54 Å². The van der Waals surface area contributed by atoms with Crippen molar-refractivity contribution in [1.82, 2.24) is 19.5 Å². The first kappa shape index (κ1) is 22.1. The van der Waals surface area contributed by atoms with Crippen molar-refractivity contribution in [3.8, 4) is 11.3 Å². The van der Waals surface area contributed by atoms with Gasteiger partial charge in [0.25, 0.3) is 0 Å². The molecule has 4 rings (SSSR count). The van der Waals surface area contributed by atoms with Gasteiger partial charge in [-0.25, -0.2) is 4.98 Å². The van der Waals surface area contributed by atoms with Crippen LogP contribution < -0.4 is 5.32 Å². The average molecular weight is 519 g/mol. The third-order valence-electron chi connectivity index (χ3n) is 4.94. The second-order valence-electron chi connectivity index (χ2n) is 7.38. The van der Waals surface area contributed by atoms with Crippen LogP contribution in [-0.4, -0.2) is 39.6 Å². The summed E-state index contributed by atoms with van der Waals surface area (Å²) >= 11 is 16.0. The molecule has 5 nitrogen and oxygen atoms in total. The fourth-order valence-electron chi connectivity index (χ4n) is 3.46. The van der Waals surface area contributed by atoms with E-state index in [-0.39, 0.29) is 0 Å². The molecular weight excluding hydrogens is 497 g/mol. The Morgan fingerprint density at radius 1 is 1.10 bits per heavy atom. The summed E-state index contributed by atoms with van der Waals surface area (Å²) in [6.07, 6.45) is 2.73. The summed E-state index contributed by atoms with van der Waals surface area (Å²) in [5.41, 5.74) is 3.66. The van der Waals surface area contributed by atoms with E-state index in [4.69, 9.17) is 28.2 Å². The molecule has 2 aromatic heterocycles. The van der Waals surface area contributed by atoms with Gasteiger partial charge in [0.1, 0.15) is 5.82 Å². The third-order valence-corrected chi connectivity index (χ3v) is 6.07. The Hall–Kier alpha value is -2.12. The quantitative estimate of drug-likeness (QED) is 0.274. The minimum atomic E-state index is 0.670. The summed E-state index contributed by atoms with van der Waals surface area (Å²) in [6.45, 7) is 2.62. The van der Waals surface area contributed by atoms with Crippen LogP contribution in [0.15, 0.2) is 65.3 Å². The third kappa shape index (κ3) is 5.39. The lowest BCUT2D eigenvalue weighted by atomic mass is 10.1. The minimum Gasteiger partial charge on any atom is -0.370 e. The van der Waals surface area contributed by atoms with E-state index in [0.717, 1.165) is 58.3 Å². The zero-order valence-corrected chi connectivity index (χ0v) is 20.1. The molecule has 0 spiro atoms. The Kier molecular flexibility index (Phi) is 7.13. The molecule has 0 aliphatic heterocycles. The lowest BCUT2D eigenvalue weighted by molar-refractivity contribution is 0.325. The molecule has 0 unspecified atom stereocenters. The van der Waals surface area contributed by atoms with Crippen molar-refractivity contribution in [3.05, 3.63) is 80.9 Å². The van der Waals surface area contributed by atoms with Gasteiger partial charge in [0.15, 0.2) is 5.65 Å². The van der Waals surface area contributed by atoms with E-state index in [0.29, 0.717) is 5.02 Å². The molecule has 0 saturated carbocycles. The summed E-state index contributed by atoms with van der Waals surface area (Å²) in [5, 5.41) is 9.39. The number of nitrogens with one attached hydrogen (secondary N) is 1. The highest BCUT2D eigenvalue weighted by Gasteiger charge is 2.13. The van der Waals surface area contributed by atoms with Gasteiger partial charge in [-0.3, -0.25) is 0 Å². The molecule has 0 saturated heterocycles. The molecule has 2 aromatic carbocycles. The number of anilines is 1. The number of halogens is 3. The molecule has 0 aliphatic rings. The molecular formula is C23H22BrCl2N5. The second kappa shape index (κ2) is 10.0. The maximum absolute atomic E-state index is 6.41. The van der Waals surface area contributed by atoms with E-state index in [1.807, 2.05) is 48.5 Å². The topological polar surface area (TPSA) is 45.5 Å². The molecule has 0 fully saturated rings. The van der Waals surface area contributed by atoms with Gasteiger partial charge in [0.05, 0.1) is 16.4 Å². The molecule has 8 heteroatoms. The number of nitrogens with zero attached hydrogens (tertiary/aromatic N) is 4. The fraction of sp³-hybridized carbons (Fsp3) is 0.217. The molecule has 0 amide bonds. The molecule has 2 heterocycles. The maximum atomic E-state index is 6.41. The summed E-state index contributed by atoms with van der Waals surface area (Å²) < 4.78 is 2.64. The molecule has 31 heavy (non-hydrogen) atoms. The SMILES string of the molecule is CN(CCCNc1cc(-c2ccccc2Cl)nc2c(Br)cnn12)Cc1cccc(Cl)c1. The zero-order chi connectivity index (χ0) is 21.8. The first-order chi connectivity index (χ1) is 15.0. The van der Waals surface area contributed by atoms with E-state index in [1.165, 1.54) is 5.56 Å². The number of hydrogen-bond acceptors (Lipinski definition) is 4. The van der Waals surface area contributed by atoms with Gasteiger partial charge < -0.3 is 10.2 Å². The van der Waals surface area contributed by atoms with Crippen molar-refractivity contribution in [2.24, 2.45) is 0 Å². The van der Waals surface area contributed by atoms with Crippen molar-refractivity contribution in [1.29, 1.82) is 0 Å². The molecule has 0 bridgehead atoms. The Morgan fingerprint density at radius 2 is 1.94 bits per heavy atom. The van der Waals surface area contributed by atoms with Gasteiger partial charge in [-0.1, -0.05) is 53.5 Å². The van der Waals surface area contributed by atoms with Crippen molar-refractivity contribution >= 4 is 50.6 Å². The van der Waals surface area contributed by atoms with Crippen LogP contribution >= 0.6 is 39.1 Å². The first-order valence-corrected chi connectivity index (χ1v) is 11.5. The highest BCUT2D eigenvalue weighted by atomic mass is 79.9. The number of rotatable bonds is 8. The van der Waals surface area contributed by atoms with E-state index >= 15 is 0 Å². The average Bonchev–Trinajstić information content (AvgIpc) is 3.12. The lowest BCUT2D eigenvalue weighted by Gasteiger charge is -2.17. The van der Waals surface area contributed by atoms with Crippen molar-refractivity contribution in [3.63, 3.8) is 0 Å². The number of aromatic nitrogens is 3. The van der Waals surface area contributed by atoms with Gasteiger partial charge >= 0.3 is 0 Å². The Morgan fingerprint density at radius 3 is 2.74 bits per heavy atom. The van der Waals surface area contributed by atoms with Gasteiger partial charge in [-0.2, -0.15) is 9.61 Å². The van der Waals surface area contributed by atoms with E-state index in [9.17, 15) is 0 Å². The van der Waals surface area contributed by atoms with E-state index < -0.39 is 0 Å². The smallest absolute Gasteiger partial charge is 0.172 e. The second-order valence-corrected chi connectivity index (χ2v) is 9.08. The Bertz CT molecular complexity index is 1190. The predicted molar refractivity (Wildman–Crippen MR) is 132 cm³/mol. The molecule has 1 N–H and O–H groups in total. The number of hydrogen-bond donors (Lipinski definition) is 1. The fourth-order valence-corrected chi connectivity index (χ4v) is 4.25. The van der Waals surface area contributed by atoms with Crippen LogP contribution in [0.4, 0.5) is 5.82 Å². The molecule has 4 aromatic rings. The van der Waals surface area contributed by atoms with Crippen LogP contribution in [0.5, 0.6) is 0 Å². The van der Waals surface area contributed by atoms with E-state index in [2.05, 4.69) is 44.4 Å². The number of fused-ring (bicyclic) bond motifs is 1. The monoisotopic (exact) mass is 517 g/mol. The van der Waals surface area contributed by atoms with E-state index in [1.54, 1.807) is 10.7 Å². The first-order valence-electron chi connectivity index (χ1n) is 9.97. The summed E-state index contributed by atoms with van der Waals surface area (Å²) in [6, 6.07) is 17.7. The highest BCUT2D eigenvalue weighted by molar-refractivity contribution is 9.10. The van der Waals surface area contributed by atoms with Crippen molar-refractivity contribution in [2.45, 2.75) is 13.0 Å². The van der Waals surface area contributed by atoms with Gasteiger partial charge in [0.2, 0.25) is 0 Å². The number of benzene rings is 2. The van der Waals surface area contributed by atoms with Crippen molar-refractivity contribution < 1.29 is 0 Å². The van der Waals surface area contributed by atoms with Crippen LogP contribution in [0.3, 0.4) is 0 Å². The van der Waals surface area contributed by atoms with Gasteiger partial charge in [-0.15, -0.1) is 0 Å². The summed E-state index contributed by atoms with van der Waals surface area (Å²) in [4.78, 5) is 7.03. The molecule has 0 aliphatic carbocycles. The predicted octanol–water partition coefficient (Wildman–Crippen LogP) is 6.40. The van der Waals surface area contributed by atoms with Crippen LogP contribution in [0, 0.1) is 0 Å². The van der Waals surface area contributed by atoms with Gasteiger partial charge in [-0.05, 0) is 59.7 Å². The minimum absolute atomic E-state index is 0.670. The van der Waals surface area contributed by atoms with Crippen LogP contribution in [0.1, 0.15) is 12.0 Å². The standard InChI is InChI=1S/C23H22BrCl2N5/c1-30(15-16-6-4-7-17(25)12-16)11-5-10-27-22-13-21(18-8-2-3-9-20(18)26)29-23-19(24)14-28-31(22)23/h2-4,6-9,12-14,27H,5,10-11,15H2,1H3. The zero-order valence-electron chi connectivity index (χ0n) is 17.0. The van der Waals surface area contributed by atoms with Crippen LogP contribution in [0.2, 0.25) is 10.0 Å². The van der Waals surface area contributed by atoms with Crippen molar-refractivity contribution in [2.75, 3.05) is 25.5 Å². The van der Waals surface area contributed by atoms with Gasteiger partial charge in [0, 0.05) is 34.8 Å². The Balaban J connectivity index is 1.44. The molecule has 0 atom stereocenters. The normalized spacial score (nSPS) is 11.4. The lowest BCUT2D eigenvalue weighted by Crippen LogP contribution is -2.21. The van der Waals surface area contributed by atoms with Crippen LogP contribution in [0.25, 0.3) is 16.9 Å². The molecule has 160 valence electrons. The molecule has 0 radical (unpaired) electrons. The summed E-state index contributed by atoms with van der Waals surface area (Å²) in [5.74, 6) is 0.878. The largest absolute Gasteiger partial charge is 0.370 e.